The molecule has 0 amide bonds. The van der Waals surface area contributed by atoms with Crippen LogP contribution in [0.25, 0.3) is 0 Å². The van der Waals surface area contributed by atoms with Crippen LogP contribution in [0, 0.1) is 0 Å². The quantitative estimate of drug-likeness (QED) is 0.497. The number of fused-ring (bicyclic) bond motifs is 1. The van der Waals surface area contributed by atoms with Crippen LogP contribution in [0.2, 0.25) is 0 Å². The van der Waals surface area contributed by atoms with Gasteiger partial charge in [-0.3, -0.25) is 5.43 Å². The van der Waals surface area contributed by atoms with Gasteiger partial charge in [-0.15, -0.1) is 0 Å². The molecule has 0 spiro atoms. The van der Waals surface area contributed by atoms with Gasteiger partial charge in [0, 0.05) is 6.54 Å². The lowest BCUT2D eigenvalue weighted by atomic mass is 10.1. The van der Waals surface area contributed by atoms with Gasteiger partial charge in [-0.2, -0.15) is 5.10 Å². The fourth-order valence-electron chi connectivity index (χ4n) is 2.31. The Morgan fingerprint density at radius 3 is 2.71 bits per heavy atom. The van der Waals surface area contributed by atoms with Crippen LogP contribution < -0.4 is 20.2 Å². The molecule has 0 aliphatic carbocycles. The Hall–Kier alpha value is -2.60. The van der Waals surface area contributed by atoms with Crippen LogP contribution in [-0.4, -0.2) is 31.1 Å². The van der Waals surface area contributed by atoms with Crippen molar-refractivity contribution in [3.63, 3.8) is 0 Å². The maximum atomic E-state index is 5.54. The highest BCUT2D eigenvalue weighted by atomic mass is 32.1. The molecule has 0 unspecified atom stereocenters. The fraction of sp³-hybridized carbons (Fsp3) is 0.222. The number of hydrogen-bond donors (Lipinski definition) is 2. The molecule has 2 aromatic carbocycles. The molecular formula is C18H19N3O2S. The van der Waals surface area contributed by atoms with Crippen LogP contribution in [0.5, 0.6) is 11.5 Å². The summed E-state index contributed by atoms with van der Waals surface area (Å²) in [7, 11) is 0. The van der Waals surface area contributed by atoms with Crippen LogP contribution in [-0.2, 0) is 6.42 Å². The van der Waals surface area contributed by atoms with E-state index >= 15 is 0 Å². The molecule has 2 aromatic rings. The molecule has 6 heteroatoms. The summed E-state index contributed by atoms with van der Waals surface area (Å²) in [5, 5.41) is 7.77. The van der Waals surface area contributed by atoms with Gasteiger partial charge in [-0.25, -0.2) is 0 Å². The average Bonchev–Trinajstić information content (AvgIpc) is 2.62. The minimum absolute atomic E-state index is 0.500. The van der Waals surface area contributed by atoms with Crippen molar-refractivity contribution in [2.45, 2.75) is 6.42 Å². The Balaban J connectivity index is 1.43. The lowest BCUT2D eigenvalue weighted by molar-refractivity contribution is 0.171. The molecule has 3 rings (SSSR count). The third-order valence-corrected chi connectivity index (χ3v) is 3.72. The van der Waals surface area contributed by atoms with Gasteiger partial charge >= 0.3 is 0 Å². The molecule has 1 aliphatic heterocycles. The molecule has 0 radical (unpaired) electrons. The molecule has 5 nitrogen and oxygen atoms in total. The molecule has 24 heavy (non-hydrogen) atoms. The van der Waals surface area contributed by atoms with E-state index in [0.29, 0.717) is 18.3 Å². The number of hydrogen-bond acceptors (Lipinski definition) is 4. The SMILES string of the molecule is S=C(NCCc1ccccc1)N/N=C\c1ccc2c(c1)OCCO2. The van der Waals surface area contributed by atoms with Crippen molar-refractivity contribution in [1.29, 1.82) is 0 Å². The van der Waals surface area contributed by atoms with Crippen molar-refractivity contribution in [3.05, 3.63) is 59.7 Å². The molecule has 0 saturated heterocycles. The highest BCUT2D eigenvalue weighted by Gasteiger charge is 2.10. The van der Waals surface area contributed by atoms with E-state index in [-0.39, 0.29) is 0 Å². The van der Waals surface area contributed by atoms with Crippen LogP contribution in [0.1, 0.15) is 11.1 Å². The molecule has 0 atom stereocenters. The van der Waals surface area contributed by atoms with E-state index in [1.54, 1.807) is 6.21 Å². The number of ether oxygens (including phenoxy) is 2. The Kier molecular flexibility index (Phi) is 5.63. The van der Waals surface area contributed by atoms with Crippen molar-refractivity contribution in [2.75, 3.05) is 19.8 Å². The van der Waals surface area contributed by atoms with Crippen LogP contribution in [0.4, 0.5) is 0 Å². The summed E-state index contributed by atoms with van der Waals surface area (Å²) in [4.78, 5) is 0. The number of thiocarbonyl (C=S) groups is 1. The van der Waals surface area contributed by atoms with Gasteiger partial charge in [0.25, 0.3) is 0 Å². The van der Waals surface area contributed by atoms with Crippen LogP contribution >= 0.6 is 12.2 Å². The Labute approximate surface area is 146 Å². The van der Waals surface area contributed by atoms with Gasteiger partial charge in [-0.1, -0.05) is 30.3 Å². The largest absolute Gasteiger partial charge is 0.486 e. The molecule has 124 valence electrons. The maximum Gasteiger partial charge on any atom is 0.186 e. The zero-order chi connectivity index (χ0) is 16.6. The summed E-state index contributed by atoms with van der Waals surface area (Å²) in [6.07, 6.45) is 2.61. The summed E-state index contributed by atoms with van der Waals surface area (Å²) in [5.74, 6) is 1.51. The summed E-state index contributed by atoms with van der Waals surface area (Å²) in [5.41, 5.74) is 5.00. The van der Waals surface area contributed by atoms with Crippen molar-refractivity contribution in [1.82, 2.24) is 10.7 Å². The van der Waals surface area contributed by atoms with Gasteiger partial charge in [0.1, 0.15) is 13.2 Å². The number of hydrazone groups is 1. The highest BCUT2D eigenvalue weighted by Crippen LogP contribution is 2.30. The second kappa shape index (κ2) is 8.31. The van der Waals surface area contributed by atoms with E-state index in [1.165, 1.54) is 5.56 Å². The average molecular weight is 341 g/mol. The standard InChI is InChI=1S/C18H19N3O2S/c24-18(19-9-8-14-4-2-1-3-5-14)21-20-13-15-6-7-16-17(12-15)23-11-10-22-16/h1-7,12-13H,8-11H2,(H2,19,21,24)/b20-13-. The van der Waals surface area contributed by atoms with Gasteiger partial charge in [0.2, 0.25) is 0 Å². The van der Waals surface area contributed by atoms with Gasteiger partial charge in [-0.05, 0) is 48.0 Å². The van der Waals surface area contributed by atoms with E-state index in [1.807, 2.05) is 36.4 Å². The summed E-state index contributed by atoms with van der Waals surface area (Å²) >= 11 is 5.20. The summed E-state index contributed by atoms with van der Waals surface area (Å²) < 4.78 is 11.0. The molecule has 0 saturated carbocycles. The van der Waals surface area contributed by atoms with E-state index in [0.717, 1.165) is 30.0 Å². The summed E-state index contributed by atoms with van der Waals surface area (Å²) in [6.45, 7) is 1.92. The first-order chi connectivity index (χ1) is 11.8. The Morgan fingerprint density at radius 1 is 1.08 bits per heavy atom. The first-order valence-electron chi connectivity index (χ1n) is 7.82. The maximum absolute atomic E-state index is 5.54. The highest BCUT2D eigenvalue weighted by molar-refractivity contribution is 7.80. The smallest absolute Gasteiger partial charge is 0.186 e. The fourth-order valence-corrected chi connectivity index (χ4v) is 2.47. The van der Waals surface area contributed by atoms with Crippen LogP contribution in [0.3, 0.4) is 0 Å². The topological polar surface area (TPSA) is 54.9 Å². The van der Waals surface area contributed by atoms with Crippen molar-refractivity contribution >= 4 is 23.5 Å². The van der Waals surface area contributed by atoms with Gasteiger partial charge < -0.3 is 14.8 Å². The molecule has 0 aromatic heterocycles. The molecule has 0 fully saturated rings. The van der Waals surface area contributed by atoms with E-state index in [9.17, 15) is 0 Å². The number of benzene rings is 2. The third kappa shape index (κ3) is 4.70. The lowest BCUT2D eigenvalue weighted by Gasteiger charge is -2.18. The molecular weight excluding hydrogens is 322 g/mol. The first kappa shape index (κ1) is 16.3. The molecule has 2 N–H and O–H groups in total. The zero-order valence-electron chi connectivity index (χ0n) is 13.2. The number of nitrogens with zero attached hydrogens (tertiary/aromatic N) is 1. The monoisotopic (exact) mass is 341 g/mol. The molecule has 0 bridgehead atoms. The minimum atomic E-state index is 0.500. The van der Waals surface area contributed by atoms with E-state index < -0.39 is 0 Å². The Bertz CT molecular complexity index is 719. The number of nitrogens with one attached hydrogen (secondary N) is 2. The molecule has 1 aliphatic rings. The number of rotatable bonds is 5. The predicted molar refractivity (Wildman–Crippen MR) is 98.9 cm³/mol. The van der Waals surface area contributed by atoms with E-state index in [2.05, 4.69) is 28.0 Å². The summed E-state index contributed by atoms with van der Waals surface area (Å²) in [6, 6.07) is 16.0. The normalized spacial score (nSPS) is 12.8. The zero-order valence-corrected chi connectivity index (χ0v) is 14.0. The molecule has 1 heterocycles. The lowest BCUT2D eigenvalue weighted by Crippen LogP contribution is -2.33. The van der Waals surface area contributed by atoms with E-state index in [4.69, 9.17) is 21.7 Å². The van der Waals surface area contributed by atoms with Gasteiger partial charge in [0.05, 0.1) is 6.21 Å². The third-order valence-electron chi connectivity index (χ3n) is 3.49. The Morgan fingerprint density at radius 2 is 1.88 bits per heavy atom. The van der Waals surface area contributed by atoms with Crippen molar-refractivity contribution < 1.29 is 9.47 Å². The van der Waals surface area contributed by atoms with Gasteiger partial charge in [0.15, 0.2) is 16.6 Å². The predicted octanol–water partition coefficient (Wildman–Crippen LogP) is 2.50. The van der Waals surface area contributed by atoms with Crippen molar-refractivity contribution in [3.8, 4) is 11.5 Å². The second-order valence-corrected chi connectivity index (χ2v) is 5.67. The first-order valence-corrected chi connectivity index (χ1v) is 8.22. The second-order valence-electron chi connectivity index (χ2n) is 5.26. The minimum Gasteiger partial charge on any atom is -0.486 e. The van der Waals surface area contributed by atoms with Crippen molar-refractivity contribution in [2.24, 2.45) is 5.10 Å². The van der Waals surface area contributed by atoms with Crippen LogP contribution in [0.15, 0.2) is 53.6 Å².